The lowest BCUT2D eigenvalue weighted by Gasteiger charge is -2.34. The molecule has 1 heterocycles. The second kappa shape index (κ2) is 8.99. The maximum absolute atomic E-state index is 13.0. The molecular formula is C22H25FN2O3. The number of hydrogen-bond donors (Lipinski definition) is 2. The number of rotatable bonds is 6. The number of nitrogens with one attached hydrogen (secondary N) is 1. The normalized spacial score (nSPS) is 17.8. The summed E-state index contributed by atoms with van der Waals surface area (Å²) in [4.78, 5) is 14.9. The highest BCUT2D eigenvalue weighted by molar-refractivity contribution is 6.08. The van der Waals surface area contributed by atoms with Crippen molar-refractivity contribution in [3.8, 4) is 11.5 Å². The first-order valence-corrected chi connectivity index (χ1v) is 9.30. The Morgan fingerprint density at radius 3 is 2.79 bits per heavy atom. The monoisotopic (exact) mass is 384 g/mol. The predicted molar refractivity (Wildman–Crippen MR) is 107 cm³/mol. The maximum Gasteiger partial charge on any atom is 0.189 e. The number of hydrogen-bond acceptors (Lipinski definition) is 5. The van der Waals surface area contributed by atoms with E-state index < -0.39 is 0 Å². The molecule has 148 valence electrons. The summed E-state index contributed by atoms with van der Waals surface area (Å²) >= 11 is 0. The number of nitrogens with zero attached hydrogens (tertiary/aromatic N) is 1. The van der Waals surface area contributed by atoms with E-state index in [4.69, 9.17) is 4.74 Å². The number of carbonyl (C=O) groups excluding carboxylic acids is 1. The highest BCUT2D eigenvalue weighted by Gasteiger charge is 2.21. The minimum atomic E-state index is -0.331. The fraction of sp³-hybridized carbons (Fsp3) is 0.318. The van der Waals surface area contributed by atoms with Gasteiger partial charge in [-0.15, -0.1) is 0 Å². The molecule has 0 radical (unpaired) electrons. The quantitative estimate of drug-likeness (QED) is 0.592. The minimum Gasteiger partial charge on any atom is -0.507 e. The zero-order valence-corrected chi connectivity index (χ0v) is 16.1. The molecule has 0 aliphatic carbocycles. The van der Waals surface area contributed by atoms with E-state index in [2.05, 4.69) is 17.1 Å². The molecule has 0 amide bonds. The van der Waals surface area contributed by atoms with Gasteiger partial charge in [0.25, 0.3) is 0 Å². The lowest BCUT2D eigenvalue weighted by atomic mass is 10.0. The Kier molecular flexibility index (Phi) is 6.44. The molecule has 1 fully saturated rings. The summed E-state index contributed by atoms with van der Waals surface area (Å²) < 4.78 is 18.4. The second-order valence-corrected chi connectivity index (χ2v) is 6.95. The molecule has 2 N–H and O–H groups in total. The number of aromatic hydroxyl groups is 1. The Bertz CT molecular complexity index is 865. The molecule has 1 aliphatic heterocycles. The number of phenolic OH excluding ortho intramolecular Hbond substituents is 1. The van der Waals surface area contributed by atoms with Crippen LogP contribution in [0.4, 0.5) is 4.39 Å². The fourth-order valence-electron chi connectivity index (χ4n) is 3.30. The van der Waals surface area contributed by atoms with Gasteiger partial charge in [-0.2, -0.15) is 0 Å². The van der Waals surface area contributed by atoms with Crippen molar-refractivity contribution in [1.29, 1.82) is 0 Å². The highest BCUT2D eigenvalue weighted by Crippen LogP contribution is 2.30. The molecule has 0 aromatic heterocycles. The van der Waals surface area contributed by atoms with Crippen LogP contribution in [0.15, 0.2) is 42.5 Å². The first-order chi connectivity index (χ1) is 13.5. The molecule has 3 rings (SSSR count). The van der Waals surface area contributed by atoms with E-state index in [0.29, 0.717) is 23.9 Å². The third kappa shape index (κ3) is 4.77. The number of allylic oxidation sites excluding steroid dienone is 1. The van der Waals surface area contributed by atoms with Crippen LogP contribution < -0.4 is 10.1 Å². The predicted octanol–water partition coefficient (Wildman–Crippen LogP) is 3.23. The van der Waals surface area contributed by atoms with E-state index in [1.54, 1.807) is 31.4 Å². The second-order valence-electron chi connectivity index (χ2n) is 6.95. The number of halogens is 1. The molecular weight excluding hydrogens is 359 g/mol. The summed E-state index contributed by atoms with van der Waals surface area (Å²) in [7, 11) is 1.55. The number of carbonyl (C=O) groups is 1. The van der Waals surface area contributed by atoms with E-state index in [-0.39, 0.29) is 22.9 Å². The Hall–Kier alpha value is -2.70. The van der Waals surface area contributed by atoms with Crippen molar-refractivity contribution in [3.63, 3.8) is 0 Å². The van der Waals surface area contributed by atoms with Crippen LogP contribution in [-0.2, 0) is 6.54 Å². The van der Waals surface area contributed by atoms with E-state index in [0.717, 1.165) is 25.2 Å². The SMILES string of the molecule is COc1cc(O)c(C(=O)/C=C/c2ccc(F)cc2)cc1CN1CCNCC1C. The van der Waals surface area contributed by atoms with Gasteiger partial charge in [0.2, 0.25) is 0 Å². The number of ether oxygens (including phenoxy) is 1. The van der Waals surface area contributed by atoms with Crippen LogP contribution in [-0.4, -0.2) is 48.6 Å². The summed E-state index contributed by atoms with van der Waals surface area (Å²) in [6.07, 6.45) is 2.98. The van der Waals surface area contributed by atoms with Crippen LogP contribution in [0.3, 0.4) is 0 Å². The Labute approximate surface area is 164 Å². The van der Waals surface area contributed by atoms with Crippen molar-refractivity contribution in [1.82, 2.24) is 10.2 Å². The average Bonchev–Trinajstić information content (AvgIpc) is 2.70. The molecule has 2 aromatic rings. The third-order valence-corrected chi connectivity index (χ3v) is 4.97. The molecule has 6 heteroatoms. The smallest absolute Gasteiger partial charge is 0.189 e. The third-order valence-electron chi connectivity index (χ3n) is 4.97. The molecule has 28 heavy (non-hydrogen) atoms. The minimum absolute atomic E-state index is 0.122. The molecule has 1 unspecified atom stereocenters. The highest BCUT2D eigenvalue weighted by atomic mass is 19.1. The van der Waals surface area contributed by atoms with E-state index in [1.165, 1.54) is 24.3 Å². The molecule has 1 atom stereocenters. The standard InChI is InChI=1S/C22H25FN2O3/c1-15-13-24-9-10-25(15)14-17-11-19(21(27)12-22(17)28-2)20(26)8-5-16-3-6-18(23)7-4-16/h3-8,11-12,15,24,27H,9-10,13-14H2,1-2H3/b8-5+. The van der Waals surface area contributed by atoms with Gasteiger partial charge in [-0.1, -0.05) is 18.2 Å². The lowest BCUT2D eigenvalue weighted by molar-refractivity contribution is 0.104. The van der Waals surface area contributed by atoms with Crippen molar-refractivity contribution in [2.75, 3.05) is 26.7 Å². The van der Waals surface area contributed by atoms with Gasteiger partial charge in [0.15, 0.2) is 5.78 Å². The Balaban J connectivity index is 1.83. The zero-order valence-electron chi connectivity index (χ0n) is 16.1. The van der Waals surface area contributed by atoms with E-state index in [1.807, 2.05) is 0 Å². The van der Waals surface area contributed by atoms with Crippen LogP contribution >= 0.6 is 0 Å². The van der Waals surface area contributed by atoms with Gasteiger partial charge in [0.1, 0.15) is 17.3 Å². The van der Waals surface area contributed by atoms with Crippen molar-refractivity contribution < 1.29 is 19.0 Å². The topological polar surface area (TPSA) is 61.8 Å². The van der Waals surface area contributed by atoms with E-state index >= 15 is 0 Å². The van der Waals surface area contributed by atoms with Crippen molar-refractivity contribution in [2.45, 2.75) is 19.5 Å². The summed E-state index contributed by atoms with van der Waals surface area (Å²) in [6.45, 7) is 5.51. The molecule has 2 aromatic carbocycles. The number of piperazine rings is 1. The largest absolute Gasteiger partial charge is 0.507 e. The molecule has 5 nitrogen and oxygen atoms in total. The summed E-state index contributed by atoms with van der Waals surface area (Å²) in [5.74, 6) is -0.216. The summed E-state index contributed by atoms with van der Waals surface area (Å²) in [6, 6.07) is 9.39. The zero-order chi connectivity index (χ0) is 20.1. The van der Waals surface area contributed by atoms with Crippen LogP contribution in [0.5, 0.6) is 11.5 Å². The van der Waals surface area contributed by atoms with E-state index in [9.17, 15) is 14.3 Å². The lowest BCUT2D eigenvalue weighted by Crippen LogP contribution is -2.49. The Morgan fingerprint density at radius 2 is 2.11 bits per heavy atom. The van der Waals surface area contributed by atoms with Gasteiger partial charge in [0, 0.05) is 43.9 Å². The first-order valence-electron chi connectivity index (χ1n) is 9.30. The van der Waals surface area contributed by atoms with Crippen molar-refractivity contribution in [3.05, 3.63) is 65.0 Å². The number of phenols is 1. The molecule has 1 saturated heterocycles. The number of methoxy groups -OCH3 is 1. The Morgan fingerprint density at radius 1 is 1.36 bits per heavy atom. The van der Waals surface area contributed by atoms with Gasteiger partial charge in [0.05, 0.1) is 12.7 Å². The van der Waals surface area contributed by atoms with Crippen molar-refractivity contribution >= 4 is 11.9 Å². The average molecular weight is 384 g/mol. The van der Waals surface area contributed by atoms with Crippen LogP contribution in [0.1, 0.15) is 28.4 Å². The van der Waals surface area contributed by atoms with Gasteiger partial charge < -0.3 is 15.2 Å². The van der Waals surface area contributed by atoms with Crippen LogP contribution in [0.2, 0.25) is 0 Å². The van der Waals surface area contributed by atoms with Gasteiger partial charge in [-0.05, 0) is 36.8 Å². The van der Waals surface area contributed by atoms with Gasteiger partial charge in [-0.25, -0.2) is 4.39 Å². The summed E-state index contributed by atoms with van der Waals surface area (Å²) in [5.41, 5.74) is 1.78. The molecule has 1 aliphatic rings. The van der Waals surface area contributed by atoms with Crippen LogP contribution in [0, 0.1) is 5.82 Å². The first kappa shape index (κ1) is 20.0. The molecule has 0 bridgehead atoms. The van der Waals surface area contributed by atoms with Gasteiger partial charge >= 0.3 is 0 Å². The van der Waals surface area contributed by atoms with Gasteiger partial charge in [-0.3, -0.25) is 9.69 Å². The molecule has 0 spiro atoms. The number of ketones is 1. The molecule has 0 saturated carbocycles. The number of benzene rings is 2. The maximum atomic E-state index is 13.0. The fourth-order valence-corrected chi connectivity index (χ4v) is 3.30. The van der Waals surface area contributed by atoms with Crippen molar-refractivity contribution in [2.24, 2.45) is 0 Å². The van der Waals surface area contributed by atoms with Crippen LogP contribution in [0.25, 0.3) is 6.08 Å². The summed E-state index contributed by atoms with van der Waals surface area (Å²) in [5, 5.41) is 13.7.